The van der Waals surface area contributed by atoms with Gasteiger partial charge in [0.2, 0.25) is 11.1 Å². The molecule has 0 bridgehead atoms. The van der Waals surface area contributed by atoms with Crippen molar-refractivity contribution in [3.63, 3.8) is 0 Å². The quantitative estimate of drug-likeness (QED) is 0.526. The van der Waals surface area contributed by atoms with Crippen LogP contribution >= 0.6 is 11.8 Å². The van der Waals surface area contributed by atoms with Gasteiger partial charge < -0.3 is 15.2 Å². The number of hydrogen-bond donors (Lipinski definition) is 2. The Morgan fingerprint density at radius 3 is 2.53 bits per heavy atom. The number of thioether (sulfide) groups is 1. The first-order chi connectivity index (χ1) is 14.5. The number of aromatic nitrogens is 3. The lowest BCUT2D eigenvalue weighted by Crippen LogP contribution is -2.25. The van der Waals surface area contributed by atoms with Crippen LogP contribution in [0.5, 0.6) is 5.75 Å². The van der Waals surface area contributed by atoms with Crippen molar-refractivity contribution in [2.45, 2.75) is 23.8 Å². The largest absolute Gasteiger partial charge is 0.497 e. The van der Waals surface area contributed by atoms with Crippen LogP contribution < -0.4 is 10.1 Å². The van der Waals surface area contributed by atoms with Gasteiger partial charge in [-0.2, -0.15) is 0 Å². The lowest BCUT2D eigenvalue weighted by Gasteiger charge is -2.14. The third-order valence-corrected chi connectivity index (χ3v) is 5.44. The second-order valence-corrected chi connectivity index (χ2v) is 7.41. The molecule has 0 spiro atoms. The van der Waals surface area contributed by atoms with E-state index in [1.54, 1.807) is 25.4 Å². The van der Waals surface area contributed by atoms with Crippen molar-refractivity contribution in [2.24, 2.45) is 0 Å². The summed E-state index contributed by atoms with van der Waals surface area (Å²) in [7, 11) is 1.60. The van der Waals surface area contributed by atoms with E-state index in [-0.39, 0.29) is 11.5 Å². The number of hydrogen-bond acceptors (Lipinski definition) is 7. The summed E-state index contributed by atoms with van der Waals surface area (Å²) in [6, 6.07) is 13.5. The minimum absolute atomic E-state index is 0.107. The van der Waals surface area contributed by atoms with Gasteiger partial charge in [0.15, 0.2) is 0 Å². The summed E-state index contributed by atoms with van der Waals surface area (Å²) in [6.45, 7) is 1.88. The fourth-order valence-corrected chi connectivity index (χ4v) is 3.40. The molecule has 1 aromatic heterocycles. The first kappa shape index (κ1) is 21.3. The van der Waals surface area contributed by atoms with Gasteiger partial charge in [0.1, 0.15) is 11.4 Å². The molecule has 0 aliphatic rings. The van der Waals surface area contributed by atoms with Crippen molar-refractivity contribution in [2.75, 3.05) is 12.4 Å². The number of anilines is 1. The van der Waals surface area contributed by atoms with Gasteiger partial charge in [-0.25, -0.2) is 9.78 Å². The molecular formula is C21H20N4O4S. The van der Waals surface area contributed by atoms with Gasteiger partial charge in [-0.1, -0.05) is 24.8 Å². The molecule has 30 heavy (non-hydrogen) atoms. The molecule has 0 saturated carbocycles. The second-order valence-electron chi connectivity index (χ2n) is 6.24. The maximum atomic E-state index is 12.6. The second kappa shape index (κ2) is 9.84. The van der Waals surface area contributed by atoms with Gasteiger partial charge >= 0.3 is 5.97 Å². The summed E-state index contributed by atoms with van der Waals surface area (Å²) in [5.41, 5.74) is 2.00. The summed E-state index contributed by atoms with van der Waals surface area (Å²) in [6.07, 6.45) is 2.15. The van der Waals surface area contributed by atoms with Crippen LogP contribution in [0.2, 0.25) is 0 Å². The van der Waals surface area contributed by atoms with Crippen LogP contribution in [0.1, 0.15) is 23.7 Å². The number of carbonyl (C=O) groups is 2. The zero-order chi connectivity index (χ0) is 21.5. The number of nitrogens with one attached hydrogen (secondary N) is 1. The Labute approximate surface area is 177 Å². The average molecular weight is 424 g/mol. The van der Waals surface area contributed by atoms with Crippen LogP contribution in [0, 0.1) is 0 Å². The summed E-state index contributed by atoms with van der Waals surface area (Å²) < 4.78 is 5.14. The maximum Gasteiger partial charge on any atom is 0.335 e. The van der Waals surface area contributed by atoms with E-state index in [0.717, 1.165) is 11.3 Å². The van der Waals surface area contributed by atoms with Gasteiger partial charge in [0.05, 0.1) is 24.1 Å². The molecule has 3 rings (SSSR count). The zero-order valence-electron chi connectivity index (χ0n) is 16.4. The van der Waals surface area contributed by atoms with Crippen LogP contribution in [0.25, 0.3) is 11.3 Å². The third kappa shape index (κ3) is 5.32. The summed E-state index contributed by atoms with van der Waals surface area (Å²) in [5.74, 6) is -0.561. The number of ether oxygens (including phenoxy) is 1. The number of carboxylic acids is 1. The number of amides is 1. The van der Waals surface area contributed by atoms with Crippen molar-refractivity contribution < 1.29 is 19.4 Å². The molecule has 1 heterocycles. The molecule has 0 saturated heterocycles. The molecule has 9 heteroatoms. The van der Waals surface area contributed by atoms with Crippen molar-refractivity contribution in [1.82, 2.24) is 15.2 Å². The van der Waals surface area contributed by atoms with E-state index in [4.69, 9.17) is 9.84 Å². The normalized spacial score (nSPS) is 11.5. The van der Waals surface area contributed by atoms with Crippen LogP contribution in [0.4, 0.5) is 5.69 Å². The summed E-state index contributed by atoms with van der Waals surface area (Å²) >= 11 is 1.20. The maximum absolute atomic E-state index is 12.6. The smallest absolute Gasteiger partial charge is 0.335 e. The number of benzene rings is 2. The molecule has 8 nitrogen and oxygen atoms in total. The number of methoxy groups -OCH3 is 1. The third-order valence-electron chi connectivity index (χ3n) is 4.21. The number of carboxylic acid groups (broad SMARTS) is 1. The predicted octanol–water partition coefficient (Wildman–Crippen LogP) is 3.75. The molecule has 0 radical (unpaired) electrons. The van der Waals surface area contributed by atoms with Crippen LogP contribution in [0.15, 0.2) is 59.9 Å². The monoisotopic (exact) mass is 424 g/mol. The van der Waals surface area contributed by atoms with Crippen molar-refractivity contribution >= 4 is 29.3 Å². The number of nitrogens with zero attached hydrogens (tertiary/aromatic N) is 3. The van der Waals surface area contributed by atoms with Crippen LogP contribution in [-0.2, 0) is 4.79 Å². The molecule has 2 N–H and O–H groups in total. The molecule has 154 valence electrons. The summed E-state index contributed by atoms with van der Waals surface area (Å²) in [4.78, 5) is 28.0. The van der Waals surface area contributed by atoms with E-state index >= 15 is 0 Å². The molecule has 1 amide bonds. The Morgan fingerprint density at radius 1 is 1.17 bits per heavy atom. The first-order valence-electron chi connectivity index (χ1n) is 9.15. The Kier molecular flexibility index (Phi) is 6.97. The van der Waals surface area contributed by atoms with E-state index < -0.39 is 11.2 Å². The number of aromatic carboxylic acids is 1. The molecule has 1 unspecified atom stereocenters. The topological polar surface area (TPSA) is 114 Å². The highest BCUT2D eigenvalue weighted by Crippen LogP contribution is 2.25. The Morgan fingerprint density at radius 2 is 1.93 bits per heavy atom. The molecule has 0 aliphatic heterocycles. The van der Waals surface area contributed by atoms with E-state index in [1.165, 1.54) is 23.9 Å². The Bertz CT molecular complexity index is 1030. The Balaban J connectivity index is 1.66. The van der Waals surface area contributed by atoms with E-state index in [9.17, 15) is 9.59 Å². The molecule has 0 aliphatic carbocycles. The van der Waals surface area contributed by atoms with Crippen molar-refractivity contribution in [1.29, 1.82) is 0 Å². The fourth-order valence-electron chi connectivity index (χ4n) is 2.61. The van der Waals surface area contributed by atoms with Crippen LogP contribution in [0.3, 0.4) is 0 Å². The van der Waals surface area contributed by atoms with E-state index in [2.05, 4.69) is 20.5 Å². The van der Waals surface area contributed by atoms with Crippen molar-refractivity contribution in [3.05, 3.63) is 60.3 Å². The average Bonchev–Trinajstić information content (AvgIpc) is 2.78. The Hall–Kier alpha value is -3.46. The fraction of sp³-hybridized carbons (Fsp3) is 0.190. The van der Waals surface area contributed by atoms with Gasteiger partial charge in [-0.05, 0) is 48.9 Å². The minimum Gasteiger partial charge on any atom is -0.497 e. The van der Waals surface area contributed by atoms with Crippen LogP contribution in [-0.4, -0.2) is 44.5 Å². The lowest BCUT2D eigenvalue weighted by molar-refractivity contribution is -0.115. The predicted molar refractivity (Wildman–Crippen MR) is 114 cm³/mol. The molecular weight excluding hydrogens is 404 g/mol. The zero-order valence-corrected chi connectivity index (χ0v) is 17.2. The van der Waals surface area contributed by atoms with Gasteiger partial charge in [-0.15, -0.1) is 10.2 Å². The summed E-state index contributed by atoms with van der Waals surface area (Å²) in [5, 5.41) is 20.1. The molecule has 0 fully saturated rings. The highest BCUT2D eigenvalue weighted by molar-refractivity contribution is 8.00. The van der Waals surface area contributed by atoms with E-state index in [1.807, 2.05) is 31.2 Å². The minimum atomic E-state index is -1.05. The van der Waals surface area contributed by atoms with E-state index in [0.29, 0.717) is 23.0 Å². The SMILES string of the molecule is CCC(Sc1ncc(-c2ccc(OC)cc2)nn1)C(=O)Nc1cccc(C(=O)O)c1. The highest BCUT2D eigenvalue weighted by Gasteiger charge is 2.20. The van der Waals surface area contributed by atoms with Gasteiger partial charge in [-0.3, -0.25) is 4.79 Å². The number of rotatable bonds is 8. The first-order valence-corrected chi connectivity index (χ1v) is 10.0. The molecule has 1 atom stereocenters. The molecule has 3 aromatic rings. The molecule has 2 aromatic carbocycles. The van der Waals surface area contributed by atoms with Gasteiger partial charge in [0.25, 0.3) is 0 Å². The van der Waals surface area contributed by atoms with Gasteiger partial charge in [0, 0.05) is 11.3 Å². The highest BCUT2D eigenvalue weighted by atomic mass is 32.2. The number of carbonyl (C=O) groups excluding carboxylic acids is 1. The lowest BCUT2D eigenvalue weighted by atomic mass is 10.2. The van der Waals surface area contributed by atoms with Crippen molar-refractivity contribution in [3.8, 4) is 17.0 Å². The standard InChI is InChI=1S/C21H20N4O4S/c1-3-18(19(26)23-15-6-4-5-14(11-15)20(27)28)30-21-22-12-17(24-25-21)13-7-9-16(29-2)10-8-13/h4-12,18H,3H2,1-2H3,(H,23,26)(H,27,28).